The van der Waals surface area contributed by atoms with Gasteiger partial charge in [-0.2, -0.15) is 5.10 Å². The lowest BCUT2D eigenvalue weighted by molar-refractivity contribution is -0.119. The second kappa shape index (κ2) is 6.05. The first-order valence-corrected chi connectivity index (χ1v) is 6.20. The molecule has 0 saturated carbocycles. The molecule has 1 heterocycles. The van der Waals surface area contributed by atoms with E-state index in [-0.39, 0.29) is 0 Å². The van der Waals surface area contributed by atoms with Gasteiger partial charge in [0.25, 0.3) is 0 Å². The van der Waals surface area contributed by atoms with Crippen molar-refractivity contribution in [2.24, 2.45) is 0 Å². The molecule has 0 fully saturated rings. The van der Waals surface area contributed by atoms with E-state index < -0.39 is 0 Å². The van der Waals surface area contributed by atoms with Crippen molar-refractivity contribution in [3.05, 3.63) is 16.4 Å². The van der Waals surface area contributed by atoms with E-state index in [9.17, 15) is 4.79 Å². The summed E-state index contributed by atoms with van der Waals surface area (Å²) in [6.07, 6.45) is 4.83. The van der Waals surface area contributed by atoms with Crippen molar-refractivity contribution in [1.82, 2.24) is 9.78 Å². The zero-order valence-electron chi connectivity index (χ0n) is 9.29. The third-order valence-corrected chi connectivity index (χ3v) is 3.03. The van der Waals surface area contributed by atoms with Crippen LogP contribution >= 0.6 is 15.9 Å². The van der Waals surface area contributed by atoms with Crippen molar-refractivity contribution in [3.8, 4) is 0 Å². The van der Waals surface area contributed by atoms with Crippen molar-refractivity contribution in [3.63, 3.8) is 0 Å². The van der Waals surface area contributed by atoms with E-state index in [0.717, 1.165) is 29.6 Å². The number of Topliss-reactive ketones (excluding diaryl/α,β-unsaturated/α-hetero) is 1. The van der Waals surface area contributed by atoms with Gasteiger partial charge in [0.05, 0.1) is 16.4 Å². The minimum absolute atomic E-state index is 0.341. The zero-order chi connectivity index (χ0) is 11.3. The highest BCUT2D eigenvalue weighted by Crippen LogP contribution is 2.18. The Morgan fingerprint density at radius 3 is 2.80 bits per heavy atom. The van der Waals surface area contributed by atoms with Crippen LogP contribution < -0.4 is 0 Å². The molecule has 1 rings (SSSR count). The first-order chi connectivity index (χ1) is 7.19. The zero-order valence-corrected chi connectivity index (χ0v) is 10.9. The van der Waals surface area contributed by atoms with Gasteiger partial charge in [0.15, 0.2) is 0 Å². The Morgan fingerprint density at radius 1 is 1.47 bits per heavy atom. The van der Waals surface area contributed by atoms with Crippen LogP contribution in [-0.2, 0) is 17.8 Å². The number of nitrogens with zero attached hydrogens (tertiary/aromatic N) is 2. The molecule has 0 saturated heterocycles. The van der Waals surface area contributed by atoms with Crippen LogP contribution in [0.2, 0.25) is 0 Å². The quantitative estimate of drug-likeness (QED) is 0.798. The molecule has 0 radical (unpaired) electrons. The lowest BCUT2D eigenvalue weighted by atomic mass is 10.1. The predicted molar refractivity (Wildman–Crippen MR) is 63.8 cm³/mol. The van der Waals surface area contributed by atoms with Crippen molar-refractivity contribution >= 4 is 21.7 Å². The Morgan fingerprint density at radius 2 is 2.20 bits per heavy atom. The normalized spacial score (nSPS) is 10.6. The van der Waals surface area contributed by atoms with Crippen molar-refractivity contribution < 1.29 is 4.79 Å². The Hall–Kier alpha value is -0.640. The molecule has 84 valence electrons. The number of ketones is 1. The van der Waals surface area contributed by atoms with Crippen LogP contribution in [0.1, 0.15) is 38.8 Å². The van der Waals surface area contributed by atoms with Gasteiger partial charge in [0.2, 0.25) is 0 Å². The predicted octanol–water partition coefficient (Wildman–Crippen LogP) is 2.97. The van der Waals surface area contributed by atoms with E-state index in [1.807, 2.05) is 11.6 Å². The molecule has 1 aromatic heterocycles. The number of carbonyl (C=O) groups is 1. The molecular formula is C11H17BrN2O. The maximum atomic E-state index is 11.4. The van der Waals surface area contributed by atoms with Crippen LogP contribution in [0.5, 0.6) is 0 Å². The van der Waals surface area contributed by atoms with Gasteiger partial charge in [-0.15, -0.1) is 0 Å². The fraction of sp³-hybridized carbons (Fsp3) is 0.636. The highest BCUT2D eigenvalue weighted by molar-refractivity contribution is 9.10. The van der Waals surface area contributed by atoms with Crippen LogP contribution in [0.4, 0.5) is 0 Å². The summed E-state index contributed by atoms with van der Waals surface area (Å²) in [5.74, 6) is 0.341. The van der Waals surface area contributed by atoms with Gasteiger partial charge < -0.3 is 0 Å². The van der Waals surface area contributed by atoms with E-state index >= 15 is 0 Å². The molecule has 1 aromatic rings. The molecule has 15 heavy (non-hydrogen) atoms. The Labute approximate surface area is 99.0 Å². The smallest absolute Gasteiger partial charge is 0.133 e. The second-order valence-electron chi connectivity index (χ2n) is 3.54. The van der Waals surface area contributed by atoms with Gasteiger partial charge in [-0.25, -0.2) is 0 Å². The van der Waals surface area contributed by atoms with Crippen LogP contribution in [0, 0.1) is 0 Å². The van der Waals surface area contributed by atoms with E-state index in [4.69, 9.17) is 0 Å². The van der Waals surface area contributed by atoms with E-state index in [1.165, 1.54) is 0 Å². The number of rotatable bonds is 6. The molecule has 3 nitrogen and oxygen atoms in total. The molecule has 0 amide bonds. The minimum atomic E-state index is 0.341. The molecule has 0 N–H and O–H groups in total. The average Bonchev–Trinajstić information content (AvgIpc) is 2.57. The largest absolute Gasteiger partial charge is 0.300 e. The summed E-state index contributed by atoms with van der Waals surface area (Å²) < 4.78 is 2.94. The highest BCUT2D eigenvalue weighted by atomic mass is 79.9. The Kier molecular flexibility index (Phi) is 5.02. The molecule has 0 atom stereocenters. The number of aromatic nitrogens is 2. The summed E-state index contributed by atoms with van der Waals surface area (Å²) in [6.45, 7) is 4.93. The van der Waals surface area contributed by atoms with Gasteiger partial charge in [-0.1, -0.05) is 6.92 Å². The summed E-state index contributed by atoms with van der Waals surface area (Å²) in [5.41, 5.74) is 1.13. The average molecular weight is 273 g/mol. The summed E-state index contributed by atoms with van der Waals surface area (Å²) in [4.78, 5) is 11.4. The summed E-state index contributed by atoms with van der Waals surface area (Å²) in [7, 11) is 0. The maximum Gasteiger partial charge on any atom is 0.133 e. The molecular weight excluding hydrogens is 256 g/mol. The number of carbonyl (C=O) groups excluding carboxylic acids is 1. The second-order valence-corrected chi connectivity index (χ2v) is 4.40. The molecule has 0 aliphatic carbocycles. The third kappa shape index (κ3) is 3.45. The van der Waals surface area contributed by atoms with Gasteiger partial charge in [-0.3, -0.25) is 9.48 Å². The van der Waals surface area contributed by atoms with Gasteiger partial charge in [-0.05, 0) is 35.7 Å². The molecule has 0 unspecified atom stereocenters. The molecule has 0 bridgehead atoms. The van der Waals surface area contributed by atoms with Gasteiger partial charge >= 0.3 is 0 Å². The fourth-order valence-corrected chi connectivity index (χ4v) is 2.07. The van der Waals surface area contributed by atoms with Crippen LogP contribution in [0.25, 0.3) is 0 Å². The standard InChI is InChI=1S/C11H17BrN2O/c1-3-5-9(15)6-7-11-10(12)8-13-14(11)4-2/h8H,3-7H2,1-2H3. The number of halogens is 1. The van der Waals surface area contributed by atoms with Crippen molar-refractivity contribution in [2.75, 3.05) is 0 Å². The maximum absolute atomic E-state index is 11.4. The Balaban J connectivity index is 2.56. The van der Waals surface area contributed by atoms with Crippen LogP contribution in [0.15, 0.2) is 10.7 Å². The molecule has 4 heteroatoms. The van der Waals surface area contributed by atoms with Crippen LogP contribution in [0.3, 0.4) is 0 Å². The lowest BCUT2D eigenvalue weighted by Gasteiger charge is -2.04. The monoisotopic (exact) mass is 272 g/mol. The summed E-state index contributed by atoms with van der Waals surface area (Å²) in [6, 6.07) is 0. The van der Waals surface area contributed by atoms with Crippen molar-refractivity contribution in [2.45, 2.75) is 46.1 Å². The number of hydrogen-bond donors (Lipinski definition) is 0. The minimum Gasteiger partial charge on any atom is -0.300 e. The fourth-order valence-electron chi connectivity index (χ4n) is 1.57. The lowest BCUT2D eigenvalue weighted by Crippen LogP contribution is -2.06. The van der Waals surface area contributed by atoms with Crippen LogP contribution in [-0.4, -0.2) is 15.6 Å². The first kappa shape index (κ1) is 12.4. The molecule has 0 spiro atoms. The molecule has 0 aliphatic rings. The first-order valence-electron chi connectivity index (χ1n) is 5.40. The van der Waals surface area contributed by atoms with E-state index in [1.54, 1.807) is 6.20 Å². The SMILES string of the molecule is CCCC(=O)CCc1c(Br)cnn1CC. The van der Waals surface area contributed by atoms with Crippen molar-refractivity contribution in [1.29, 1.82) is 0 Å². The third-order valence-electron chi connectivity index (χ3n) is 2.37. The molecule has 0 aliphatic heterocycles. The summed E-state index contributed by atoms with van der Waals surface area (Å²) in [5, 5.41) is 4.22. The number of aryl methyl sites for hydroxylation is 1. The topological polar surface area (TPSA) is 34.9 Å². The van der Waals surface area contributed by atoms with E-state index in [0.29, 0.717) is 18.6 Å². The molecule has 0 aromatic carbocycles. The summed E-state index contributed by atoms with van der Waals surface area (Å²) >= 11 is 3.45. The Bertz CT molecular complexity index is 333. The highest BCUT2D eigenvalue weighted by Gasteiger charge is 2.09. The van der Waals surface area contributed by atoms with Gasteiger partial charge in [0.1, 0.15) is 5.78 Å². The van der Waals surface area contributed by atoms with Gasteiger partial charge in [0, 0.05) is 19.4 Å². The van der Waals surface area contributed by atoms with E-state index in [2.05, 4.69) is 28.0 Å². The number of hydrogen-bond acceptors (Lipinski definition) is 2.